The van der Waals surface area contributed by atoms with Crippen molar-refractivity contribution in [1.29, 1.82) is 0 Å². The zero-order valence-electron chi connectivity index (χ0n) is 31.3. The summed E-state index contributed by atoms with van der Waals surface area (Å²) in [6.07, 6.45) is 6.01. The van der Waals surface area contributed by atoms with Crippen LogP contribution in [0.1, 0.15) is 42.4 Å². The van der Waals surface area contributed by atoms with Crippen LogP contribution >= 0.6 is 23.2 Å². The summed E-state index contributed by atoms with van der Waals surface area (Å²) in [4.78, 5) is 60.2. The van der Waals surface area contributed by atoms with Crippen LogP contribution in [0.3, 0.4) is 0 Å². The molecule has 0 aromatic heterocycles. The predicted molar refractivity (Wildman–Crippen MR) is 213 cm³/mol. The molecule has 4 aromatic carbocycles. The largest absolute Gasteiger partial charge is 0.503 e. The molecule has 2 aliphatic carbocycles. The number of ether oxygens (including phenoxy) is 3. The number of allylic oxidation sites excluding steroid dienone is 2. The normalized spacial score (nSPS) is 25.4. The molecule has 6 unspecified atom stereocenters. The molecule has 1 N–H and O–H groups in total. The number of anilines is 2. The summed E-state index contributed by atoms with van der Waals surface area (Å²) in [5, 5.41) is 10.4. The second kappa shape index (κ2) is 14.4. The van der Waals surface area contributed by atoms with Crippen LogP contribution in [0.2, 0.25) is 10.0 Å². The number of phenols is 1. The lowest BCUT2D eigenvalue weighted by Gasteiger charge is -2.49. The number of amides is 4. The number of imide groups is 2. The summed E-state index contributed by atoms with van der Waals surface area (Å²) in [5.41, 5.74) is 1.94. The summed E-state index contributed by atoms with van der Waals surface area (Å²) < 4.78 is 30.5. The second-order valence-electron chi connectivity index (χ2n) is 14.9. The van der Waals surface area contributed by atoms with Gasteiger partial charge >= 0.3 is 0 Å². The number of rotatable bonds is 8. The molecule has 8 rings (SSSR count). The van der Waals surface area contributed by atoms with Crippen molar-refractivity contribution in [2.75, 3.05) is 31.1 Å². The highest BCUT2D eigenvalue weighted by molar-refractivity contribution is 6.32. The first-order valence-corrected chi connectivity index (χ1v) is 19.1. The molecule has 4 amide bonds. The highest BCUT2D eigenvalue weighted by Gasteiger charge is 2.67. The van der Waals surface area contributed by atoms with Gasteiger partial charge in [-0.15, -0.1) is 0 Å². The molecule has 2 saturated heterocycles. The molecule has 4 aromatic rings. The predicted octanol–water partition coefficient (Wildman–Crippen LogP) is 8.47. The molecule has 6 atom stereocenters. The van der Waals surface area contributed by atoms with Gasteiger partial charge in [0.2, 0.25) is 23.6 Å². The second-order valence-corrected chi connectivity index (χ2v) is 15.7. The Morgan fingerprint density at radius 2 is 1.49 bits per heavy atom. The number of hydrogen-bond acceptors (Lipinski definition) is 8. The van der Waals surface area contributed by atoms with Crippen molar-refractivity contribution in [3.05, 3.63) is 117 Å². The molecule has 4 aliphatic rings. The van der Waals surface area contributed by atoms with Gasteiger partial charge in [-0.3, -0.25) is 24.1 Å². The summed E-state index contributed by atoms with van der Waals surface area (Å²) in [6, 6.07) is 19.3. The summed E-state index contributed by atoms with van der Waals surface area (Å²) in [6.45, 7) is 1.71. The van der Waals surface area contributed by atoms with E-state index in [-0.39, 0.29) is 46.0 Å². The zero-order valence-corrected chi connectivity index (χ0v) is 32.8. The Morgan fingerprint density at radius 3 is 2.18 bits per heavy atom. The molecule has 3 fully saturated rings. The molecular weight excluding hydrogens is 774 g/mol. The van der Waals surface area contributed by atoms with E-state index < -0.39 is 58.5 Å². The average Bonchev–Trinajstić information content (AvgIpc) is 3.58. The van der Waals surface area contributed by atoms with Gasteiger partial charge in [0.15, 0.2) is 11.5 Å². The lowest BCUT2D eigenvalue weighted by atomic mass is 9.51. The molecule has 0 radical (unpaired) electrons. The third kappa shape index (κ3) is 5.98. The number of phenolic OH excluding ortho intramolecular Hbond substituents is 1. The van der Waals surface area contributed by atoms with Gasteiger partial charge in [-0.1, -0.05) is 59.1 Å². The van der Waals surface area contributed by atoms with Gasteiger partial charge < -0.3 is 19.3 Å². The minimum atomic E-state index is -1.41. The molecule has 2 heterocycles. The molecule has 2 aliphatic heterocycles. The fourth-order valence-corrected chi connectivity index (χ4v) is 9.72. The van der Waals surface area contributed by atoms with Crippen LogP contribution in [0.5, 0.6) is 23.0 Å². The number of carbonyl (C=O) groups excluding carboxylic acids is 4. The van der Waals surface area contributed by atoms with Gasteiger partial charge in [0.1, 0.15) is 17.3 Å². The Morgan fingerprint density at radius 1 is 0.772 bits per heavy atom. The van der Waals surface area contributed by atoms with E-state index >= 15 is 0 Å². The van der Waals surface area contributed by atoms with E-state index in [2.05, 4.69) is 0 Å². The molecule has 292 valence electrons. The lowest BCUT2D eigenvalue weighted by molar-refractivity contribution is -0.131. The first kappa shape index (κ1) is 38.2. The quantitative estimate of drug-likeness (QED) is 0.107. The van der Waals surface area contributed by atoms with Gasteiger partial charge in [0, 0.05) is 11.5 Å². The summed E-state index contributed by atoms with van der Waals surface area (Å²) >= 11 is 12.6. The number of carbonyl (C=O) groups is 4. The van der Waals surface area contributed by atoms with E-state index in [0.717, 1.165) is 27.7 Å². The van der Waals surface area contributed by atoms with Crippen LogP contribution in [0.4, 0.5) is 15.8 Å². The third-order valence-electron chi connectivity index (χ3n) is 12.1. The van der Waals surface area contributed by atoms with Crippen molar-refractivity contribution in [2.45, 2.75) is 25.7 Å². The Balaban J connectivity index is 1.16. The minimum absolute atomic E-state index is 0.0286. The minimum Gasteiger partial charge on any atom is -0.503 e. The molecule has 57 heavy (non-hydrogen) atoms. The Hall–Kier alpha value is -5.65. The first-order valence-electron chi connectivity index (χ1n) is 18.3. The van der Waals surface area contributed by atoms with Crippen molar-refractivity contribution >= 4 is 70.4 Å². The SMILES string of the molecule is COc1ccc(OC)c(C=Cc2ccc(N3C(=O)C4CC=C5C(CC6C(=O)N(c7ccc(F)c(Cl)c7)C(=O)C6(C)C5c5cc(Cl)c(O)c(OC)c5)C4C3=O)cc2)c1. The van der Waals surface area contributed by atoms with Crippen LogP contribution in [0, 0.1) is 34.9 Å². The van der Waals surface area contributed by atoms with Gasteiger partial charge in [-0.2, -0.15) is 0 Å². The van der Waals surface area contributed by atoms with E-state index in [4.69, 9.17) is 37.4 Å². The van der Waals surface area contributed by atoms with Gasteiger partial charge in [0.05, 0.1) is 65.9 Å². The van der Waals surface area contributed by atoms with Crippen molar-refractivity contribution in [1.82, 2.24) is 0 Å². The number of halogens is 3. The van der Waals surface area contributed by atoms with Crippen LogP contribution in [0.25, 0.3) is 12.2 Å². The smallest absolute Gasteiger partial charge is 0.241 e. The van der Waals surface area contributed by atoms with E-state index in [9.17, 15) is 28.7 Å². The lowest BCUT2D eigenvalue weighted by Crippen LogP contribution is -2.48. The fraction of sp³-hybridized carbons (Fsp3) is 0.273. The number of benzene rings is 4. The van der Waals surface area contributed by atoms with Crippen LogP contribution in [-0.4, -0.2) is 50.1 Å². The van der Waals surface area contributed by atoms with Crippen molar-refractivity contribution in [3.8, 4) is 23.0 Å². The third-order valence-corrected chi connectivity index (χ3v) is 12.7. The number of fused-ring (bicyclic) bond motifs is 4. The number of aromatic hydroxyl groups is 1. The van der Waals surface area contributed by atoms with Gasteiger partial charge in [-0.25, -0.2) is 9.29 Å². The Kier molecular flexibility index (Phi) is 9.64. The zero-order chi connectivity index (χ0) is 40.5. The van der Waals surface area contributed by atoms with Crippen molar-refractivity contribution in [3.63, 3.8) is 0 Å². The maximum atomic E-state index is 14.7. The first-order chi connectivity index (χ1) is 27.3. The van der Waals surface area contributed by atoms with E-state index in [1.54, 1.807) is 39.3 Å². The summed E-state index contributed by atoms with van der Waals surface area (Å²) in [5.74, 6) is -5.31. The molecular formula is C44H37Cl2FN2O8. The number of nitrogens with zero attached hydrogens (tertiary/aromatic N) is 2. The summed E-state index contributed by atoms with van der Waals surface area (Å²) in [7, 11) is 4.55. The molecule has 10 nitrogen and oxygen atoms in total. The monoisotopic (exact) mass is 810 g/mol. The molecule has 13 heteroatoms. The standard InChI is InChI=1S/C44H37Cl2FN2O8/c1-44-31(41(52)49(43(44)54)26-11-15-34(47)32(45)20-26)21-30-28(38(44)24-18-33(46)39(50)36(19-24)57-4)13-14-29-37(30)42(53)48(40(29)51)25-9-6-22(7-10-25)5-8-23-17-27(55-2)12-16-35(23)56-3/h5-13,15-20,29-31,37-38,50H,14,21H2,1-4H3. The highest BCUT2D eigenvalue weighted by atomic mass is 35.5. The van der Waals surface area contributed by atoms with E-state index in [1.165, 1.54) is 30.2 Å². The van der Waals surface area contributed by atoms with Gasteiger partial charge in [0.25, 0.3) is 0 Å². The maximum Gasteiger partial charge on any atom is 0.241 e. The average molecular weight is 812 g/mol. The van der Waals surface area contributed by atoms with Crippen LogP contribution < -0.4 is 24.0 Å². The maximum absolute atomic E-state index is 14.7. The van der Waals surface area contributed by atoms with Gasteiger partial charge in [-0.05, 0) is 97.5 Å². The highest BCUT2D eigenvalue weighted by Crippen LogP contribution is 2.64. The molecule has 0 bridgehead atoms. The van der Waals surface area contributed by atoms with Crippen molar-refractivity contribution < 1.29 is 42.9 Å². The number of hydrogen-bond donors (Lipinski definition) is 1. The van der Waals surface area contributed by atoms with Crippen molar-refractivity contribution in [2.24, 2.45) is 29.1 Å². The van der Waals surface area contributed by atoms with E-state index in [0.29, 0.717) is 22.7 Å². The fourth-order valence-electron chi connectivity index (χ4n) is 9.33. The Labute approximate surface area is 338 Å². The van der Waals surface area contributed by atoms with Crippen LogP contribution in [0.15, 0.2) is 84.4 Å². The van der Waals surface area contributed by atoms with E-state index in [1.807, 2.05) is 48.6 Å². The topological polar surface area (TPSA) is 123 Å². The molecule has 1 saturated carbocycles. The van der Waals surface area contributed by atoms with Crippen LogP contribution in [-0.2, 0) is 19.2 Å². The number of methoxy groups -OCH3 is 3. The Bertz CT molecular complexity index is 2430. The molecule has 0 spiro atoms.